The summed E-state index contributed by atoms with van der Waals surface area (Å²) in [4.78, 5) is 11.7. The van der Waals surface area contributed by atoms with E-state index in [1.807, 2.05) is 32.9 Å². The van der Waals surface area contributed by atoms with Gasteiger partial charge in [0.1, 0.15) is 5.75 Å². The molecule has 0 spiro atoms. The Morgan fingerprint density at radius 2 is 1.60 bits per heavy atom. The van der Waals surface area contributed by atoms with Crippen molar-refractivity contribution < 1.29 is 14.3 Å². The Bertz CT molecular complexity index is 684. The average molecular weight is 414 g/mol. The first kappa shape index (κ1) is 21.5. The summed E-state index contributed by atoms with van der Waals surface area (Å²) in [5.41, 5.74) is 1.53. The second kappa shape index (κ2) is 8.80. The summed E-state index contributed by atoms with van der Waals surface area (Å²) in [6, 6.07) is 8.21. The molecule has 4 aliphatic rings. The minimum atomic E-state index is -0.360. The number of benzene rings is 1. The standard InChI is InChI=1S/C26H39NO3/c1-25(2,3)27-24(28)30-12-9-19-5-7-23(8-6-19)29-11-4-10-26-16-20-13-21(17-26)15-22(14-20)18-26/h5-8,20-22H,4,9-18H2,1-3H3,(H,27,28). The predicted molar refractivity (Wildman–Crippen MR) is 120 cm³/mol. The summed E-state index contributed by atoms with van der Waals surface area (Å²) < 4.78 is 11.3. The summed E-state index contributed by atoms with van der Waals surface area (Å²) in [6.45, 7) is 7.02. The van der Waals surface area contributed by atoms with Crippen molar-refractivity contribution in [1.82, 2.24) is 5.32 Å². The second-order valence-electron chi connectivity index (χ2n) is 11.3. The molecule has 0 aliphatic heterocycles. The fourth-order valence-electron chi connectivity index (χ4n) is 6.59. The van der Waals surface area contributed by atoms with Crippen LogP contribution in [0.15, 0.2) is 24.3 Å². The molecule has 0 saturated heterocycles. The van der Waals surface area contributed by atoms with Crippen molar-refractivity contribution in [2.75, 3.05) is 13.2 Å². The number of amides is 1. The molecule has 30 heavy (non-hydrogen) atoms. The molecule has 0 heterocycles. The van der Waals surface area contributed by atoms with Gasteiger partial charge in [-0.15, -0.1) is 0 Å². The highest BCUT2D eigenvalue weighted by Gasteiger charge is 2.50. The van der Waals surface area contributed by atoms with Crippen LogP contribution in [0.4, 0.5) is 4.79 Å². The Kier molecular flexibility index (Phi) is 6.31. The lowest BCUT2D eigenvalue weighted by Crippen LogP contribution is -2.46. The van der Waals surface area contributed by atoms with Crippen LogP contribution in [0.25, 0.3) is 0 Å². The lowest BCUT2D eigenvalue weighted by molar-refractivity contribution is -0.0593. The van der Waals surface area contributed by atoms with Crippen molar-refractivity contribution in [3.05, 3.63) is 29.8 Å². The first-order valence-corrected chi connectivity index (χ1v) is 12.0. The Labute approximate surface area is 182 Å². The van der Waals surface area contributed by atoms with Gasteiger partial charge < -0.3 is 14.8 Å². The largest absolute Gasteiger partial charge is 0.494 e. The molecule has 166 valence electrons. The summed E-state index contributed by atoms with van der Waals surface area (Å²) in [5, 5.41) is 2.80. The van der Waals surface area contributed by atoms with Crippen molar-refractivity contribution in [2.24, 2.45) is 23.2 Å². The van der Waals surface area contributed by atoms with Gasteiger partial charge in [-0.2, -0.15) is 0 Å². The molecule has 1 amide bonds. The summed E-state index contributed by atoms with van der Waals surface area (Å²) in [5.74, 6) is 4.05. The fraction of sp³-hybridized carbons (Fsp3) is 0.731. The molecule has 4 saturated carbocycles. The summed E-state index contributed by atoms with van der Waals surface area (Å²) in [6.07, 6.45) is 11.9. The number of nitrogens with one attached hydrogen (secondary N) is 1. The highest BCUT2D eigenvalue weighted by molar-refractivity contribution is 5.68. The van der Waals surface area contributed by atoms with Gasteiger partial charge in [0.2, 0.25) is 0 Å². The molecule has 1 aromatic rings. The van der Waals surface area contributed by atoms with Gasteiger partial charge in [-0.3, -0.25) is 0 Å². The molecule has 0 aromatic heterocycles. The Morgan fingerprint density at radius 3 is 2.17 bits per heavy atom. The summed E-state index contributed by atoms with van der Waals surface area (Å²) >= 11 is 0. The van der Waals surface area contributed by atoms with Gasteiger partial charge in [0.25, 0.3) is 0 Å². The van der Waals surface area contributed by atoms with E-state index in [0.29, 0.717) is 18.4 Å². The molecule has 1 N–H and O–H groups in total. The van der Waals surface area contributed by atoms with E-state index in [1.54, 1.807) is 0 Å². The van der Waals surface area contributed by atoms with Crippen LogP contribution in [0.1, 0.15) is 77.7 Å². The number of hydrogen-bond donors (Lipinski definition) is 1. The maximum Gasteiger partial charge on any atom is 0.407 e. The van der Waals surface area contributed by atoms with E-state index in [1.165, 1.54) is 51.4 Å². The van der Waals surface area contributed by atoms with E-state index in [9.17, 15) is 4.79 Å². The SMILES string of the molecule is CC(C)(C)NC(=O)OCCc1ccc(OCCCC23CC4CC(CC(C4)C2)C3)cc1. The lowest BCUT2D eigenvalue weighted by Gasteiger charge is -2.57. The quantitative estimate of drug-likeness (QED) is 0.522. The number of rotatable bonds is 8. The monoisotopic (exact) mass is 413 g/mol. The number of alkyl carbamates (subject to hydrolysis) is 1. The number of ether oxygens (including phenoxy) is 2. The number of carbonyl (C=O) groups excluding carboxylic acids is 1. The van der Waals surface area contributed by atoms with Crippen LogP contribution in [0, 0.1) is 23.2 Å². The molecule has 0 atom stereocenters. The smallest absolute Gasteiger partial charge is 0.407 e. The predicted octanol–water partition coefficient (Wildman–Crippen LogP) is 6.13. The van der Waals surface area contributed by atoms with Crippen LogP contribution < -0.4 is 10.1 Å². The molecule has 4 heteroatoms. The number of hydrogen-bond acceptors (Lipinski definition) is 3. The third kappa shape index (κ3) is 5.70. The molecule has 4 aliphatic carbocycles. The molecule has 5 rings (SSSR count). The minimum Gasteiger partial charge on any atom is -0.494 e. The van der Waals surface area contributed by atoms with Crippen molar-refractivity contribution in [2.45, 2.75) is 84.1 Å². The van der Waals surface area contributed by atoms with E-state index in [4.69, 9.17) is 9.47 Å². The van der Waals surface area contributed by atoms with Gasteiger partial charge in [0.05, 0.1) is 13.2 Å². The normalized spacial score (nSPS) is 29.6. The number of carbonyl (C=O) groups is 1. The average Bonchev–Trinajstić information content (AvgIpc) is 2.64. The molecule has 4 fully saturated rings. The molecule has 4 nitrogen and oxygen atoms in total. The van der Waals surface area contributed by atoms with Crippen molar-refractivity contribution in [3.8, 4) is 5.75 Å². The first-order valence-electron chi connectivity index (χ1n) is 12.0. The van der Waals surface area contributed by atoms with E-state index in [0.717, 1.165) is 35.7 Å². The van der Waals surface area contributed by atoms with E-state index < -0.39 is 0 Å². The molecule has 0 unspecified atom stereocenters. The molecular formula is C26H39NO3. The zero-order valence-electron chi connectivity index (χ0n) is 19.0. The van der Waals surface area contributed by atoms with Crippen LogP contribution in [0.3, 0.4) is 0 Å². The maximum absolute atomic E-state index is 11.7. The summed E-state index contributed by atoms with van der Waals surface area (Å²) in [7, 11) is 0. The zero-order valence-corrected chi connectivity index (χ0v) is 19.0. The Morgan fingerprint density at radius 1 is 1.00 bits per heavy atom. The van der Waals surface area contributed by atoms with Gasteiger partial charge in [0, 0.05) is 12.0 Å². The van der Waals surface area contributed by atoms with Crippen LogP contribution in [-0.2, 0) is 11.2 Å². The third-order valence-electron chi connectivity index (χ3n) is 7.31. The van der Waals surface area contributed by atoms with Crippen molar-refractivity contribution >= 4 is 6.09 Å². The second-order valence-corrected chi connectivity index (χ2v) is 11.3. The van der Waals surface area contributed by atoms with Crippen LogP contribution in [-0.4, -0.2) is 24.8 Å². The van der Waals surface area contributed by atoms with Gasteiger partial charge >= 0.3 is 6.09 Å². The van der Waals surface area contributed by atoms with Gasteiger partial charge in [0.15, 0.2) is 0 Å². The van der Waals surface area contributed by atoms with E-state index in [2.05, 4.69) is 17.4 Å². The van der Waals surface area contributed by atoms with Gasteiger partial charge in [-0.1, -0.05) is 12.1 Å². The highest BCUT2D eigenvalue weighted by atomic mass is 16.5. The van der Waals surface area contributed by atoms with E-state index >= 15 is 0 Å². The molecule has 1 aromatic carbocycles. The molecular weight excluding hydrogens is 374 g/mol. The Balaban J connectivity index is 1.14. The molecule has 4 bridgehead atoms. The maximum atomic E-state index is 11.7. The van der Waals surface area contributed by atoms with Crippen LogP contribution >= 0.6 is 0 Å². The fourth-order valence-corrected chi connectivity index (χ4v) is 6.59. The van der Waals surface area contributed by atoms with Gasteiger partial charge in [-0.05, 0) is 113 Å². The molecule has 0 radical (unpaired) electrons. The van der Waals surface area contributed by atoms with Gasteiger partial charge in [-0.25, -0.2) is 4.79 Å². The van der Waals surface area contributed by atoms with E-state index in [-0.39, 0.29) is 11.6 Å². The first-order chi connectivity index (χ1) is 14.3. The zero-order chi connectivity index (χ0) is 21.2. The van der Waals surface area contributed by atoms with Crippen LogP contribution in [0.2, 0.25) is 0 Å². The van der Waals surface area contributed by atoms with Crippen molar-refractivity contribution in [1.29, 1.82) is 0 Å². The minimum absolute atomic E-state index is 0.272. The topological polar surface area (TPSA) is 47.6 Å². The Hall–Kier alpha value is -1.71. The highest BCUT2D eigenvalue weighted by Crippen LogP contribution is 2.61. The third-order valence-corrected chi connectivity index (χ3v) is 7.31. The van der Waals surface area contributed by atoms with Crippen LogP contribution in [0.5, 0.6) is 5.75 Å². The van der Waals surface area contributed by atoms with Crippen molar-refractivity contribution in [3.63, 3.8) is 0 Å². The lowest BCUT2D eigenvalue weighted by atomic mass is 9.48.